The number of aromatic amines is 1. The topological polar surface area (TPSA) is 87.3 Å². The molecular formula is C12H22N4O3S. The molecule has 0 aliphatic carbocycles. The number of ether oxygens (including phenoxy) is 1. The molecule has 0 spiro atoms. The van der Waals surface area contributed by atoms with Gasteiger partial charge in [-0.15, -0.1) is 0 Å². The number of likely N-dealkylation sites (N-methyl/N-ethyl adjacent to an activating group) is 1. The van der Waals surface area contributed by atoms with Crippen molar-refractivity contribution in [3.63, 3.8) is 0 Å². The van der Waals surface area contributed by atoms with E-state index in [4.69, 9.17) is 4.74 Å². The van der Waals surface area contributed by atoms with E-state index >= 15 is 0 Å². The van der Waals surface area contributed by atoms with Gasteiger partial charge in [-0.2, -0.15) is 0 Å². The van der Waals surface area contributed by atoms with Gasteiger partial charge in [0, 0.05) is 26.1 Å². The van der Waals surface area contributed by atoms with Crippen molar-refractivity contribution in [2.24, 2.45) is 0 Å². The van der Waals surface area contributed by atoms with Crippen LogP contribution in [0.3, 0.4) is 0 Å². The third-order valence-corrected chi connectivity index (χ3v) is 4.77. The number of aryl methyl sites for hydroxylation is 1. The number of rotatable bonds is 6. The number of nitrogens with zero attached hydrogens (tertiary/aromatic N) is 2. The number of hydrogen-bond donors (Lipinski definition) is 2. The Balaban J connectivity index is 2.11. The normalized spacial score (nSPS) is 24.4. The molecule has 1 aliphatic rings. The van der Waals surface area contributed by atoms with Crippen molar-refractivity contribution in [3.05, 3.63) is 12.0 Å². The average Bonchev–Trinajstić information content (AvgIpc) is 2.97. The summed E-state index contributed by atoms with van der Waals surface area (Å²) in [5.41, 5.74) is 0. The summed E-state index contributed by atoms with van der Waals surface area (Å²) in [5.74, 6) is 0.662. The van der Waals surface area contributed by atoms with Gasteiger partial charge in [0.25, 0.3) is 10.0 Å². The molecule has 0 bridgehead atoms. The maximum absolute atomic E-state index is 12.3. The third kappa shape index (κ3) is 3.38. The zero-order valence-corrected chi connectivity index (χ0v) is 12.9. The second-order valence-corrected chi connectivity index (χ2v) is 6.67. The minimum Gasteiger partial charge on any atom is -0.375 e. The van der Waals surface area contributed by atoms with Crippen LogP contribution < -0.4 is 4.72 Å². The lowest BCUT2D eigenvalue weighted by atomic mass is 10.2. The SMILES string of the molecule is CCO[C@H]1CN(C)C[C@@H]1NS(=O)(=O)c1cnc(CC)[nH]1. The average molecular weight is 302 g/mol. The number of imidazole rings is 1. The van der Waals surface area contributed by atoms with Gasteiger partial charge in [-0.1, -0.05) is 6.92 Å². The summed E-state index contributed by atoms with van der Waals surface area (Å²) in [6.45, 7) is 5.76. The van der Waals surface area contributed by atoms with Crippen LogP contribution >= 0.6 is 0 Å². The Hall–Kier alpha value is -0.960. The molecule has 8 heteroatoms. The molecule has 1 aromatic heterocycles. The molecule has 114 valence electrons. The molecule has 1 aromatic rings. The Bertz CT molecular complexity index is 543. The molecular weight excluding hydrogens is 280 g/mol. The number of likely N-dealkylation sites (tertiary alicyclic amines) is 1. The predicted octanol–water partition coefficient (Wildman–Crippen LogP) is -0.0305. The summed E-state index contributed by atoms with van der Waals surface area (Å²) in [4.78, 5) is 8.90. The summed E-state index contributed by atoms with van der Waals surface area (Å²) in [6.07, 6.45) is 1.91. The highest BCUT2D eigenvalue weighted by Crippen LogP contribution is 2.15. The van der Waals surface area contributed by atoms with Gasteiger partial charge in [0.05, 0.1) is 18.3 Å². The van der Waals surface area contributed by atoms with Gasteiger partial charge < -0.3 is 14.6 Å². The van der Waals surface area contributed by atoms with E-state index in [1.54, 1.807) is 0 Å². The van der Waals surface area contributed by atoms with Crippen molar-refractivity contribution in [2.75, 3.05) is 26.7 Å². The van der Waals surface area contributed by atoms with Crippen molar-refractivity contribution in [3.8, 4) is 0 Å². The molecule has 2 N–H and O–H groups in total. The lowest BCUT2D eigenvalue weighted by Gasteiger charge is -2.19. The standard InChI is InChI=1S/C12H22N4O3S/c1-4-11-13-6-12(14-11)20(17,18)15-9-7-16(3)8-10(9)19-5-2/h6,9-10,15H,4-5,7-8H2,1-3H3,(H,13,14)/t9-,10-/m0/s1. The summed E-state index contributed by atoms with van der Waals surface area (Å²) in [6, 6.07) is -0.238. The van der Waals surface area contributed by atoms with E-state index in [0.717, 1.165) is 6.54 Å². The van der Waals surface area contributed by atoms with E-state index in [0.29, 0.717) is 25.4 Å². The fraction of sp³-hybridized carbons (Fsp3) is 0.750. The molecule has 2 heterocycles. The fourth-order valence-corrected chi connectivity index (χ4v) is 3.58. The predicted molar refractivity (Wildman–Crippen MR) is 75.0 cm³/mol. The summed E-state index contributed by atoms with van der Waals surface area (Å²) < 4.78 is 32.9. The largest absolute Gasteiger partial charge is 0.375 e. The Kier molecular flexibility index (Phi) is 4.79. The van der Waals surface area contributed by atoms with Crippen LogP contribution in [0.25, 0.3) is 0 Å². The summed E-state index contributed by atoms with van der Waals surface area (Å²) in [7, 11) is -1.63. The minimum atomic E-state index is -3.58. The molecule has 2 rings (SSSR count). The second kappa shape index (κ2) is 6.21. The maximum Gasteiger partial charge on any atom is 0.258 e. The van der Waals surface area contributed by atoms with Gasteiger partial charge in [0.2, 0.25) is 0 Å². The molecule has 0 aromatic carbocycles. The Labute approximate surface area is 119 Å². The van der Waals surface area contributed by atoms with Crippen LogP contribution in [0.4, 0.5) is 0 Å². The molecule has 2 atom stereocenters. The lowest BCUT2D eigenvalue weighted by Crippen LogP contribution is -2.43. The number of nitrogens with one attached hydrogen (secondary N) is 2. The molecule has 0 saturated carbocycles. The molecule has 0 radical (unpaired) electrons. The van der Waals surface area contributed by atoms with Crippen LogP contribution in [0.5, 0.6) is 0 Å². The van der Waals surface area contributed by atoms with Crippen LogP contribution in [0.2, 0.25) is 0 Å². The molecule has 0 unspecified atom stereocenters. The number of sulfonamides is 1. The van der Waals surface area contributed by atoms with Crippen molar-refractivity contribution in [1.82, 2.24) is 19.6 Å². The maximum atomic E-state index is 12.3. The second-order valence-electron chi connectivity index (χ2n) is 4.99. The first-order valence-corrected chi connectivity index (χ1v) is 8.31. The van der Waals surface area contributed by atoms with Crippen molar-refractivity contribution >= 4 is 10.0 Å². The highest BCUT2D eigenvalue weighted by molar-refractivity contribution is 7.89. The van der Waals surface area contributed by atoms with Gasteiger partial charge in [0.1, 0.15) is 5.82 Å². The number of hydrogen-bond acceptors (Lipinski definition) is 5. The highest BCUT2D eigenvalue weighted by atomic mass is 32.2. The molecule has 7 nitrogen and oxygen atoms in total. The Morgan fingerprint density at radius 1 is 1.50 bits per heavy atom. The number of H-pyrrole nitrogens is 1. The van der Waals surface area contributed by atoms with Crippen LogP contribution in [-0.2, 0) is 21.2 Å². The first-order valence-electron chi connectivity index (χ1n) is 6.82. The van der Waals surface area contributed by atoms with E-state index in [1.807, 2.05) is 20.9 Å². The van der Waals surface area contributed by atoms with E-state index in [1.165, 1.54) is 6.20 Å². The van der Waals surface area contributed by atoms with Crippen molar-refractivity contribution < 1.29 is 13.2 Å². The van der Waals surface area contributed by atoms with Gasteiger partial charge >= 0.3 is 0 Å². The molecule has 20 heavy (non-hydrogen) atoms. The lowest BCUT2D eigenvalue weighted by molar-refractivity contribution is 0.0589. The quantitative estimate of drug-likeness (QED) is 0.770. The van der Waals surface area contributed by atoms with E-state index in [9.17, 15) is 8.42 Å². The minimum absolute atomic E-state index is 0.110. The molecule has 0 amide bonds. The van der Waals surface area contributed by atoms with Crippen LogP contribution in [0.1, 0.15) is 19.7 Å². The third-order valence-electron chi connectivity index (χ3n) is 3.37. The van der Waals surface area contributed by atoms with Crippen LogP contribution in [0, 0.1) is 0 Å². The van der Waals surface area contributed by atoms with Gasteiger partial charge in [0.15, 0.2) is 5.03 Å². The van der Waals surface area contributed by atoms with E-state index < -0.39 is 10.0 Å². The van der Waals surface area contributed by atoms with Gasteiger partial charge in [-0.3, -0.25) is 0 Å². The molecule has 1 fully saturated rings. The van der Waals surface area contributed by atoms with E-state index in [-0.39, 0.29) is 17.2 Å². The van der Waals surface area contributed by atoms with Crippen molar-refractivity contribution in [2.45, 2.75) is 37.4 Å². The monoisotopic (exact) mass is 302 g/mol. The van der Waals surface area contributed by atoms with Gasteiger partial charge in [-0.25, -0.2) is 18.1 Å². The molecule has 1 saturated heterocycles. The first kappa shape index (κ1) is 15.4. The van der Waals surface area contributed by atoms with E-state index in [2.05, 4.69) is 19.6 Å². The van der Waals surface area contributed by atoms with Gasteiger partial charge in [-0.05, 0) is 14.0 Å². The highest BCUT2D eigenvalue weighted by Gasteiger charge is 2.35. The molecule has 1 aliphatic heterocycles. The smallest absolute Gasteiger partial charge is 0.258 e. The summed E-state index contributed by atoms with van der Waals surface area (Å²) >= 11 is 0. The van der Waals surface area contributed by atoms with Crippen molar-refractivity contribution in [1.29, 1.82) is 0 Å². The summed E-state index contributed by atoms with van der Waals surface area (Å²) in [5, 5.41) is 0.110. The fourth-order valence-electron chi connectivity index (χ4n) is 2.38. The zero-order valence-electron chi connectivity index (χ0n) is 12.1. The Morgan fingerprint density at radius 3 is 2.85 bits per heavy atom. The first-order chi connectivity index (χ1) is 9.46. The zero-order chi connectivity index (χ0) is 14.8. The number of aromatic nitrogens is 2. The van der Waals surface area contributed by atoms with Crippen LogP contribution in [0.15, 0.2) is 11.2 Å². The van der Waals surface area contributed by atoms with Crippen LogP contribution in [-0.4, -0.2) is 62.2 Å². The Morgan fingerprint density at radius 2 is 2.25 bits per heavy atom.